The second-order valence-electron chi connectivity index (χ2n) is 7.71. The first-order valence-corrected chi connectivity index (χ1v) is 10.2. The van der Waals surface area contributed by atoms with Crippen LogP contribution in [-0.4, -0.2) is 4.57 Å². The van der Waals surface area contributed by atoms with Crippen LogP contribution in [0.25, 0.3) is 49.4 Å². The van der Waals surface area contributed by atoms with E-state index in [1.807, 2.05) is 18.2 Å². The van der Waals surface area contributed by atoms with Crippen LogP contribution < -0.4 is 5.73 Å². The van der Waals surface area contributed by atoms with Gasteiger partial charge in [0, 0.05) is 21.8 Å². The predicted molar refractivity (Wildman–Crippen MR) is 128 cm³/mol. The third-order valence-corrected chi connectivity index (χ3v) is 5.90. The first-order chi connectivity index (χ1) is 14.8. The van der Waals surface area contributed by atoms with Crippen molar-refractivity contribution in [2.45, 2.75) is 0 Å². The van der Waals surface area contributed by atoms with Gasteiger partial charge in [-0.05, 0) is 52.9 Å². The number of aromatic nitrogens is 1. The van der Waals surface area contributed by atoms with Crippen LogP contribution >= 0.6 is 0 Å². The van der Waals surface area contributed by atoms with Crippen LogP contribution in [0.5, 0.6) is 0 Å². The molecule has 1 aromatic heterocycles. The van der Waals surface area contributed by atoms with E-state index in [1.54, 1.807) is 0 Å². The van der Waals surface area contributed by atoms with Crippen molar-refractivity contribution in [3.63, 3.8) is 0 Å². The summed E-state index contributed by atoms with van der Waals surface area (Å²) in [6.07, 6.45) is 0. The summed E-state index contributed by atoms with van der Waals surface area (Å²) in [6, 6.07) is 38.5. The number of hydrogen-bond acceptors (Lipinski definition) is 1. The topological polar surface area (TPSA) is 30.9 Å². The highest BCUT2D eigenvalue weighted by molar-refractivity contribution is 6.10. The molecule has 6 rings (SSSR count). The highest BCUT2D eigenvalue weighted by Gasteiger charge is 2.13. The fraction of sp³-hybridized carbons (Fsp3) is 0. The molecular weight excluding hydrogens is 364 g/mol. The van der Waals surface area contributed by atoms with Crippen LogP contribution in [0.3, 0.4) is 0 Å². The Bertz CT molecular complexity index is 1500. The summed E-state index contributed by atoms with van der Waals surface area (Å²) >= 11 is 0. The maximum Gasteiger partial charge on any atom is 0.0541 e. The van der Waals surface area contributed by atoms with Gasteiger partial charge in [-0.15, -0.1) is 0 Å². The molecule has 1 heterocycles. The molecule has 2 nitrogen and oxygen atoms in total. The number of nitrogens with two attached hydrogens (primary N) is 1. The summed E-state index contributed by atoms with van der Waals surface area (Å²) in [5.74, 6) is 0. The van der Waals surface area contributed by atoms with Crippen molar-refractivity contribution in [1.82, 2.24) is 4.57 Å². The first-order valence-electron chi connectivity index (χ1n) is 10.2. The molecule has 0 radical (unpaired) electrons. The zero-order valence-corrected chi connectivity index (χ0v) is 16.4. The quantitative estimate of drug-likeness (QED) is 0.315. The van der Waals surface area contributed by atoms with Crippen molar-refractivity contribution in [1.29, 1.82) is 0 Å². The molecule has 2 heteroatoms. The molecule has 0 fully saturated rings. The summed E-state index contributed by atoms with van der Waals surface area (Å²) < 4.78 is 2.39. The summed E-state index contributed by atoms with van der Waals surface area (Å²) in [6.45, 7) is 0. The molecule has 5 aromatic carbocycles. The minimum atomic E-state index is 0.781. The lowest BCUT2D eigenvalue weighted by Crippen LogP contribution is -1.95. The van der Waals surface area contributed by atoms with Crippen LogP contribution in [0.15, 0.2) is 109 Å². The van der Waals surface area contributed by atoms with Crippen LogP contribution in [0.2, 0.25) is 0 Å². The van der Waals surface area contributed by atoms with Gasteiger partial charge in [-0.2, -0.15) is 0 Å². The van der Waals surface area contributed by atoms with E-state index in [-0.39, 0.29) is 0 Å². The molecule has 0 spiro atoms. The van der Waals surface area contributed by atoms with Crippen molar-refractivity contribution >= 4 is 38.3 Å². The Morgan fingerprint density at radius 1 is 0.500 bits per heavy atom. The predicted octanol–water partition coefficient (Wildman–Crippen LogP) is 7.19. The number of anilines is 1. The maximum absolute atomic E-state index is 6.04. The van der Waals surface area contributed by atoms with Crippen molar-refractivity contribution in [2.24, 2.45) is 0 Å². The molecule has 0 unspecified atom stereocenters. The molecule has 2 N–H and O–H groups in total. The van der Waals surface area contributed by atoms with Gasteiger partial charge >= 0.3 is 0 Å². The van der Waals surface area contributed by atoms with Gasteiger partial charge in [0.1, 0.15) is 0 Å². The second-order valence-corrected chi connectivity index (χ2v) is 7.71. The molecule has 0 saturated carbocycles. The second kappa shape index (κ2) is 6.50. The normalized spacial score (nSPS) is 11.5. The third-order valence-electron chi connectivity index (χ3n) is 5.90. The number of fused-ring (bicyclic) bond motifs is 4. The third kappa shape index (κ3) is 2.51. The molecule has 6 aromatic rings. The monoisotopic (exact) mass is 384 g/mol. The van der Waals surface area contributed by atoms with Crippen LogP contribution in [0.1, 0.15) is 0 Å². The van der Waals surface area contributed by atoms with Gasteiger partial charge in [-0.1, -0.05) is 72.8 Å². The fourth-order valence-corrected chi connectivity index (χ4v) is 4.53. The van der Waals surface area contributed by atoms with Crippen molar-refractivity contribution in [2.75, 3.05) is 5.73 Å². The van der Waals surface area contributed by atoms with Gasteiger partial charge < -0.3 is 10.3 Å². The summed E-state index contributed by atoms with van der Waals surface area (Å²) in [5.41, 5.74) is 12.8. The number of nitrogens with zero attached hydrogens (tertiary/aromatic N) is 1. The van der Waals surface area contributed by atoms with Crippen molar-refractivity contribution in [3.8, 4) is 16.8 Å². The molecular formula is C28H20N2. The van der Waals surface area contributed by atoms with Gasteiger partial charge in [0.05, 0.1) is 16.7 Å². The highest BCUT2D eigenvalue weighted by Crippen LogP contribution is 2.35. The van der Waals surface area contributed by atoms with Gasteiger partial charge in [0.2, 0.25) is 0 Å². The Morgan fingerprint density at radius 2 is 1.17 bits per heavy atom. The van der Waals surface area contributed by atoms with Crippen LogP contribution in [0.4, 0.5) is 5.69 Å². The minimum absolute atomic E-state index is 0.781. The van der Waals surface area contributed by atoms with Gasteiger partial charge in [-0.3, -0.25) is 0 Å². The summed E-state index contributed by atoms with van der Waals surface area (Å²) in [4.78, 5) is 0. The van der Waals surface area contributed by atoms with Gasteiger partial charge in [0.25, 0.3) is 0 Å². The maximum atomic E-state index is 6.04. The smallest absolute Gasteiger partial charge is 0.0541 e. The number of benzene rings is 5. The molecule has 30 heavy (non-hydrogen) atoms. The van der Waals surface area contributed by atoms with Crippen molar-refractivity contribution in [3.05, 3.63) is 109 Å². The molecule has 0 saturated heterocycles. The van der Waals surface area contributed by atoms with Crippen molar-refractivity contribution < 1.29 is 0 Å². The average Bonchev–Trinajstić information content (AvgIpc) is 3.13. The zero-order valence-electron chi connectivity index (χ0n) is 16.4. The highest BCUT2D eigenvalue weighted by atomic mass is 15.0. The molecule has 142 valence electrons. The fourth-order valence-electron chi connectivity index (χ4n) is 4.53. The summed E-state index contributed by atoms with van der Waals surface area (Å²) in [7, 11) is 0. The standard InChI is InChI=1S/C28H20N2/c29-22-9-5-8-20(17-22)21-16-15-19-7-6-14-28(25(19)18-21)30-26-12-3-1-10-23(26)24-11-2-4-13-27(24)30/h1-18H,29H2. The van der Waals surface area contributed by atoms with E-state index in [9.17, 15) is 0 Å². The zero-order chi connectivity index (χ0) is 20.1. The van der Waals surface area contributed by atoms with E-state index in [4.69, 9.17) is 5.73 Å². The Morgan fingerprint density at radius 3 is 1.90 bits per heavy atom. The molecule has 0 atom stereocenters. The van der Waals surface area contributed by atoms with Gasteiger partial charge in [-0.25, -0.2) is 0 Å². The average molecular weight is 384 g/mol. The molecule has 0 amide bonds. The molecule has 0 aliphatic rings. The Labute approximate surface area is 174 Å². The Kier molecular flexibility index (Phi) is 3.65. The van der Waals surface area contributed by atoms with Crippen LogP contribution in [0, 0.1) is 0 Å². The first kappa shape index (κ1) is 16.9. The number of nitrogen functional groups attached to an aromatic ring is 1. The number of para-hydroxylation sites is 2. The Balaban J connectivity index is 1.70. The summed E-state index contributed by atoms with van der Waals surface area (Å²) in [5, 5.41) is 5.00. The van der Waals surface area contributed by atoms with E-state index in [0.29, 0.717) is 0 Å². The van der Waals surface area contributed by atoms with E-state index in [2.05, 4.69) is 95.6 Å². The van der Waals surface area contributed by atoms with E-state index in [0.717, 1.165) is 11.3 Å². The number of hydrogen-bond donors (Lipinski definition) is 1. The largest absolute Gasteiger partial charge is 0.399 e. The lowest BCUT2D eigenvalue weighted by atomic mass is 10.00. The molecule has 0 bridgehead atoms. The van der Waals surface area contributed by atoms with E-state index in [1.165, 1.54) is 43.8 Å². The van der Waals surface area contributed by atoms with Gasteiger partial charge in [0.15, 0.2) is 0 Å². The van der Waals surface area contributed by atoms with E-state index < -0.39 is 0 Å². The lowest BCUT2D eigenvalue weighted by molar-refractivity contribution is 1.20. The number of rotatable bonds is 2. The SMILES string of the molecule is Nc1cccc(-c2ccc3cccc(-n4c5ccccc5c5ccccc54)c3c2)c1. The van der Waals surface area contributed by atoms with E-state index >= 15 is 0 Å². The lowest BCUT2D eigenvalue weighted by Gasteiger charge is -2.13. The Hall–Kier alpha value is -4.04. The molecule has 0 aliphatic heterocycles. The molecule has 0 aliphatic carbocycles. The van der Waals surface area contributed by atoms with Crippen LogP contribution in [-0.2, 0) is 0 Å². The minimum Gasteiger partial charge on any atom is -0.399 e.